The highest BCUT2D eigenvalue weighted by atomic mass is 16.3. The number of nitrogens with one attached hydrogen (secondary N) is 1. The fraction of sp³-hybridized carbons (Fsp3) is 0.583. The van der Waals surface area contributed by atoms with Crippen molar-refractivity contribution < 1.29 is 5.11 Å². The van der Waals surface area contributed by atoms with Gasteiger partial charge < -0.3 is 15.3 Å². The Morgan fingerprint density at radius 2 is 2.31 bits per heavy atom. The van der Waals surface area contributed by atoms with E-state index < -0.39 is 0 Å². The minimum atomic E-state index is 0.165. The van der Waals surface area contributed by atoms with Crippen LogP contribution in [0.2, 0.25) is 0 Å². The van der Waals surface area contributed by atoms with Gasteiger partial charge in [-0.2, -0.15) is 0 Å². The van der Waals surface area contributed by atoms with Gasteiger partial charge in [-0.1, -0.05) is 0 Å². The van der Waals surface area contributed by atoms with Crippen molar-refractivity contribution in [3.8, 4) is 0 Å². The maximum Gasteiger partial charge on any atom is 0.126 e. The Hall–Kier alpha value is -1.29. The van der Waals surface area contributed by atoms with Crippen LogP contribution in [0.15, 0.2) is 18.3 Å². The molecule has 0 atom stereocenters. The van der Waals surface area contributed by atoms with Crippen LogP contribution < -0.4 is 10.2 Å². The van der Waals surface area contributed by atoms with E-state index >= 15 is 0 Å². The predicted octanol–water partition coefficient (Wildman–Crippen LogP) is 1.47. The number of rotatable bonds is 5. The molecule has 16 heavy (non-hydrogen) atoms. The normalized spacial score (nSPS) is 15.6. The van der Waals surface area contributed by atoms with Crippen molar-refractivity contribution in [1.82, 2.24) is 4.98 Å². The third kappa shape index (κ3) is 2.64. The molecule has 0 radical (unpaired) electrons. The Kier molecular flexibility index (Phi) is 3.62. The van der Waals surface area contributed by atoms with Crippen molar-refractivity contribution in [2.75, 3.05) is 30.4 Å². The molecule has 0 saturated heterocycles. The van der Waals surface area contributed by atoms with Gasteiger partial charge in [0.15, 0.2) is 0 Å². The molecule has 0 aromatic carbocycles. The molecular formula is C12H19N3O. The van der Waals surface area contributed by atoms with E-state index in [1.165, 1.54) is 19.3 Å². The third-order valence-corrected chi connectivity index (χ3v) is 3.08. The van der Waals surface area contributed by atoms with Gasteiger partial charge in [-0.3, -0.25) is 0 Å². The Balaban J connectivity index is 1.92. The maximum absolute atomic E-state index is 8.84. The highest BCUT2D eigenvalue weighted by Crippen LogP contribution is 2.22. The molecule has 88 valence electrons. The second-order valence-corrected chi connectivity index (χ2v) is 4.32. The molecule has 4 heteroatoms. The maximum atomic E-state index is 8.84. The van der Waals surface area contributed by atoms with Gasteiger partial charge in [0, 0.05) is 19.6 Å². The number of aliphatic hydroxyl groups is 1. The molecule has 0 amide bonds. The van der Waals surface area contributed by atoms with E-state index in [4.69, 9.17) is 5.11 Å². The van der Waals surface area contributed by atoms with E-state index in [0.29, 0.717) is 12.6 Å². The van der Waals surface area contributed by atoms with Crippen LogP contribution in [0, 0.1) is 0 Å². The van der Waals surface area contributed by atoms with E-state index in [9.17, 15) is 0 Å². The molecule has 0 unspecified atom stereocenters. The van der Waals surface area contributed by atoms with E-state index in [2.05, 4.69) is 10.3 Å². The molecule has 0 aliphatic heterocycles. The third-order valence-electron chi connectivity index (χ3n) is 3.08. The summed E-state index contributed by atoms with van der Waals surface area (Å²) in [5, 5.41) is 12.2. The van der Waals surface area contributed by atoms with Crippen molar-refractivity contribution in [3.05, 3.63) is 18.3 Å². The quantitative estimate of drug-likeness (QED) is 0.790. The van der Waals surface area contributed by atoms with Gasteiger partial charge in [-0.25, -0.2) is 4.98 Å². The number of pyridine rings is 1. The largest absolute Gasteiger partial charge is 0.395 e. The number of aromatic nitrogens is 1. The first kappa shape index (κ1) is 11.2. The summed E-state index contributed by atoms with van der Waals surface area (Å²) in [6, 6.07) is 4.65. The zero-order valence-electron chi connectivity index (χ0n) is 9.69. The summed E-state index contributed by atoms with van der Waals surface area (Å²) in [6.45, 7) is 0.801. The summed E-state index contributed by atoms with van der Waals surface area (Å²) in [5.74, 6) is 0.950. The van der Waals surface area contributed by atoms with Gasteiger partial charge in [0.05, 0.1) is 18.5 Å². The average molecular weight is 221 g/mol. The van der Waals surface area contributed by atoms with Crippen LogP contribution in [0.25, 0.3) is 0 Å². The average Bonchev–Trinajstić information content (AvgIpc) is 2.25. The van der Waals surface area contributed by atoms with Crippen LogP contribution in [-0.2, 0) is 0 Å². The number of nitrogens with zero attached hydrogens (tertiary/aromatic N) is 2. The summed E-state index contributed by atoms with van der Waals surface area (Å²) in [4.78, 5) is 6.36. The molecule has 0 bridgehead atoms. The minimum absolute atomic E-state index is 0.165. The van der Waals surface area contributed by atoms with E-state index in [1.54, 1.807) is 0 Å². The summed E-state index contributed by atoms with van der Waals surface area (Å²) in [6.07, 6.45) is 5.69. The highest BCUT2D eigenvalue weighted by molar-refractivity contribution is 5.49. The molecule has 1 aliphatic rings. The number of anilines is 2. The lowest BCUT2D eigenvalue weighted by molar-refractivity contribution is 0.304. The van der Waals surface area contributed by atoms with Gasteiger partial charge in [-0.05, 0) is 31.4 Å². The summed E-state index contributed by atoms with van der Waals surface area (Å²) >= 11 is 0. The van der Waals surface area contributed by atoms with Crippen molar-refractivity contribution >= 4 is 11.5 Å². The number of aliphatic hydroxyl groups excluding tert-OH is 1. The lowest BCUT2D eigenvalue weighted by Gasteiger charge is -2.27. The summed E-state index contributed by atoms with van der Waals surface area (Å²) < 4.78 is 0. The van der Waals surface area contributed by atoms with Crippen LogP contribution in [-0.4, -0.2) is 36.3 Å². The SMILES string of the molecule is CN(CCO)c1ccc(NC2CCC2)nc1. The summed E-state index contributed by atoms with van der Waals surface area (Å²) in [5.41, 5.74) is 1.04. The Labute approximate surface area is 96.3 Å². The summed E-state index contributed by atoms with van der Waals surface area (Å²) in [7, 11) is 1.95. The number of hydrogen-bond acceptors (Lipinski definition) is 4. The molecule has 1 heterocycles. The lowest BCUT2D eigenvalue weighted by Crippen LogP contribution is -2.27. The van der Waals surface area contributed by atoms with Crippen LogP contribution >= 0.6 is 0 Å². The zero-order valence-corrected chi connectivity index (χ0v) is 9.69. The molecule has 2 rings (SSSR count). The van der Waals surface area contributed by atoms with Gasteiger partial charge in [0.25, 0.3) is 0 Å². The molecule has 1 aliphatic carbocycles. The van der Waals surface area contributed by atoms with Crippen molar-refractivity contribution in [2.24, 2.45) is 0 Å². The van der Waals surface area contributed by atoms with Crippen LogP contribution in [0.4, 0.5) is 11.5 Å². The standard InChI is InChI=1S/C12H19N3O/c1-15(7-8-16)11-5-6-12(13-9-11)14-10-3-2-4-10/h5-6,9-10,16H,2-4,7-8H2,1H3,(H,13,14). The van der Waals surface area contributed by atoms with Crippen molar-refractivity contribution in [2.45, 2.75) is 25.3 Å². The first-order chi connectivity index (χ1) is 7.79. The van der Waals surface area contributed by atoms with E-state index in [1.807, 2.05) is 30.3 Å². The minimum Gasteiger partial charge on any atom is -0.395 e. The van der Waals surface area contributed by atoms with Crippen LogP contribution in [0.1, 0.15) is 19.3 Å². The molecule has 0 spiro atoms. The van der Waals surface area contributed by atoms with Crippen molar-refractivity contribution in [1.29, 1.82) is 0 Å². The Morgan fingerprint density at radius 1 is 1.50 bits per heavy atom. The first-order valence-corrected chi connectivity index (χ1v) is 5.84. The monoisotopic (exact) mass is 221 g/mol. The highest BCUT2D eigenvalue weighted by Gasteiger charge is 2.17. The number of likely N-dealkylation sites (N-methyl/N-ethyl adjacent to an activating group) is 1. The molecule has 2 N–H and O–H groups in total. The van der Waals surface area contributed by atoms with Gasteiger partial charge in [0.2, 0.25) is 0 Å². The Morgan fingerprint density at radius 3 is 2.81 bits per heavy atom. The predicted molar refractivity (Wildman–Crippen MR) is 65.9 cm³/mol. The second-order valence-electron chi connectivity index (χ2n) is 4.32. The Bertz CT molecular complexity index is 322. The van der Waals surface area contributed by atoms with E-state index in [0.717, 1.165) is 11.5 Å². The smallest absolute Gasteiger partial charge is 0.126 e. The van der Waals surface area contributed by atoms with Gasteiger partial charge >= 0.3 is 0 Å². The molecule has 4 nitrogen and oxygen atoms in total. The second kappa shape index (κ2) is 5.16. The fourth-order valence-corrected chi connectivity index (χ4v) is 1.74. The molecule has 1 aromatic rings. The van der Waals surface area contributed by atoms with Crippen LogP contribution in [0.3, 0.4) is 0 Å². The van der Waals surface area contributed by atoms with E-state index in [-0.39, 0.29) is 6.61 Å². The molecule has 1 aromatic heterocycles. The lowest BCUT2D eigenvalue weighted by atomic mass is 9.93. The van der Waals surface area contributed by atoms with Crippen molar-refractivity contribution in [3.63, 3.8) is 0 Å². The molecule has 1 saturated carbocycles. The first-order valence-electron chi connectivity index (χ1n) is 5.84. The zero-order chi connectivity index (χ0) is 11.4. The topological polar surface area (TPSA) is 48.4 Å². The van der Waals surface area contributed by atoms with Gasteiger partial charge in [-0.15, -0.1) is 0 Å². The molecular weight excluding hydrogens is 202 g/mol. The van der Waals surface area contributed by atoms with Gasteiger partial charge in [0.1, 0.15) is 5.82 Å². The fourth-order valence-electron chi connectivity index (χ4n) is 1.74. The van der Waals surface area contributed by atoms with Crippen LogP contribution in [0.5, 0.6) is 0 Å². The number of hydrogen-bond donors (Lipinski definition) is 2. The molecule has 1 fully saturated rings.